The van der Waals surface area contributed by atoms with Crippen molar-refractivity contribution in [2.75, 3.05) is 14.2 Å². The number of benzene rings is 2. The monoisotopic (exact) mass is 519 g/mol. The van der Waals surface area contributed by atoms with E-state index in [0.717, 1.165) is 24.1 Å². The Morgan fingerprint density at radius 3 is 2.22 bits per heavy atom. The number of carbonyl (C=O) groups is 3. The van der Waals surface area contributed by atoms with Gasteiger partial charge >= 0.3 is 17.7 Å². The highest BCUT2D eigenvalue weighted by atomic mass is 19.1. The first-order valence-corrected chi connectivity index (χ1v) is 11.3. The third-order valence-electron chi connectivity index (χ3n) is 5.27. The number of phenolic OH excluding ortho intramolecular Hbond substituents is 1. The lowest BCUT2D eigenvalue weighted by molar-refractivity contribution is -0.387. The Hall–Kier alpha value is -4.22. The van der Waals surface area contributed by atoms with E-state index in [9.17, 15) is 34.0 Å². The van der Waals surface area contributed by atoms with Gasteiger partial charge in [0.15, 0.2) is 0 Å². The molecule has 11 nitrogen and oxygen atoms in total. The van der Waals surface area contributed by atoms with Crippen LogP contribution in [0.15, 0.2) is 42.5 Å². The van der Waals surface area contributed by atoms with E-state index in [1.165, 1.54) is 25.2 Å². The molecule has 2 amide bonds. The molecule has 2 N–H and O–H groups in total. The van der Waals surface area contributed by atoms with E-state index in [4.69, 9.17) is 9.47 Å². The lowest BCUT2D eigenvalue weighted by Gasteiger charge is -2.31. The maximum absolute atomic E-state index is 14.1. The summed E-state index contributed by atoms with van der Waals surface area (Å²) < 4.78 is 24.3. The van der Waals surface area contributed by atoms with Crippen LogP contribution in [0.25, 0.3) is 0 Å². The molecule has 0 aliphatic carbocycles. The van der Waals surface area contributed by atoms with Gasteiger partial charge in [-0.3, -0.25) is 19.8 Å². The van der Waals surface area contributed by atoms with E-state index in [-0.39, 0.29) is 24.2 Å². The summed E-state index contributed by atoms with van der Waals surface area (Å²) >= 11 is 0. The fraction of sp³-hybridized carbons (Fsp3) is 0.400. The maximum atomic E-state index is 14.1. The van der Waals surface area contributed by atoms with Gasteiger partial charge in [-0.15, -0.1) is 0 Å². The van der Waals surface area contributed by atoms with E-state index in [1.807, 2.05) is 0 Å². The molecule has 2 atom stereocenters. The zero-order valence-electron chi connectivity index (χ0n) is 21.2. The van der Waals surface area contributed by atoms with Crippen LogP contribution < -0.4 is 5.32 Å². The second-order valence-electron chi connectivity index (χ2n) is 9.31. The maximum Gasteiger partial charge on any atom is 0.410 e. The topological polar surface area (TPSA) is 148 Å². The summed E-state index contributed by atoms with van der Waals surface area (Å²) in [7, 11) is 2.48. The van der Waals surface area contributed by atoms with Crippen molar-refractivity contribution in [3.05, 3.63) is 69.5 Å². The summed E-state index contributed by atoms with van der Waals surface area (Å²) in [4.78, 5) is 49.7. The highest BCUT2D eigenvalue weighted by Crippen LogP contribution is 2.20. The molecular weight excluding hydrogens is 489 g/mol. The Labute approximate surface area is 213 Å². The molecule has 2 rings (SSSR count). The summed E-state index contributed by atoms with van der Waals surface area (Å²) in [5.74, 6) is -2.63. The van der Waals surface area contributed by atoms with Crippen LogP contribution in [0.3, 0.4) is 0 Å². The number of phenols is 1. The number of halogens is 1. The van der Waals surface area contributed by atoms with Gasteiger partial charge in [-0.25, -0.2) is 9.59 Å². The first-order chi connectivity index (χ1) is 17.2. The minimum absolute atomic E-state index is 0.0158. The van der Waals surface area contributed by atoms with Crippen LogP contribution in [-0.4, -0.2) is 64.7 Å². The molecule has 0 heterocycles. The number of nitrogens with zero attached hydrogens (tertiary/aromatic N) is 2. The molecule has 0 bridgehead atoms. The molecule has 0 saturated heterocycles. The summed E-state index contributed by atoms with van der Waals surface area (Å²) in [6, 6.07) is 6.73. The number of nitro benzene ring substituents is 1. The van der Waals surface area contributed by atoms with Crippen molar-refractivity contribution in [1.29, 1.82) is 0 Å². The van der Waals surface area contributed by atoms with Crippen molar-refractivity contribution in [3.63, 3.8) is 0 Å². The Balaban J connectivity index is 2.33. The average Bonchev–Trinajstić information content (AvgIpc) is 2.80. The van der Waals surface area contributed by atoms with Crippen LogP contribution >= 0.6 is 0 Å². The Kier molecular flexibility index (Phi) is 9.53. The minimum Gasteiger partial charge on any atom is -0.508 e. The van der Waals surface area contributed by atoms with E-state index in [1.54, 1.807) is 32.9 Å². The van der Waals surface area contributed by atoms with Gasteiger partial charge in [0, 0.05) is 26.0 Å². The molecule has 12 heteroatoms. The molecule has 37 heavy (non-hydrogen) atoms. The van der Waals surface area contributed by atoms with Gasteiger partial charge in [-0.2, -0.15) is 4.39 Å². The van der Waals surface area contributed by atoms with Crippen molar-refractivity contribution >= 4 is 23.7 Å². The molecule has 200 valence electrons. The SMILES string of the molecule is COC(=O)[C@H](Cc1ccc([N+](=O)[O-])c(F)c1)NC(=O)[C@@H](Cc1ccc(O)cc1)N(C)C(=O)OC(C)(C)C. The summed E-state index contributed by atoms with van der Waals surface area (Å²) in [5.41, 5.74) is -0.746. The Morgan fingerprint density at radius 2 is 1.70 bits per heavy atom. The molecule has 0 aromatic heterocycles. The molecule has 2 aromatic rings. The van der Waals surface area contributed by atoms with Crippen molar-refractivity contribution in [2.45, 2.75) is 51.3 Å². The third kappa shape index (κ3) is 8.44. The van der Waals surface area contributed by atoms with Crippen molar-refractivity contribution in [2.24, 2.45) is 0 Å². The summed E-state index contributed by atoms with van der Waals surface area (Å²) in [6.45, 7) is 5.01. The van der Waals surface area contributed by atoms with Gasteiger partial charge in [0.05, 0.1) is 12.0 Å². The number of methoxy groups -OCH3 is 1. The lowest BCUT2D eigenvalue weighted by Crippen LogP contribution is -2.54. The predicted molar refractivity (Wildman–Crippen MR) is 130 cm³/mol. The number of amides is 2. The number of nitrogens with one attached hydrogen (secondary N) is 1. The van der Waals surface area contributed by atoms with Crippen molar-refractivity contribution in [3.8, 4) is 5.75 Å². The Bertz CT molecular complexity index is 1150. The first kappa shape index (κ1) is 29.0. The van der Waals surface area contributed by atoms with E-state index in [0.29, 0.717) is 5.56 Å². The highest BCUT2D eigenvalue weighted by Gasteiger charge is 2.33. The zero-order chi connectivity index (χ0) is 27.9. The van der Waals surface area contributed by atoms with Gasteiger partial charge in [0.1, 0.15) is 23.4 Å². The first-order valence-electron chi connectivity index (χ1n) is 11.3. The fourth-order valence-electron chi connectivity index (χ4n) is 3.39. The predicted octanol–water partition coefficient (Wildman–Crippen LogP) is 3.12. The van der Waals surface area contributed by atoms with Crippen molar-refractivity contribution in [1.82, 2.24) is 10.2 Å². The van der Waals surface area contributed by atoms with Crippen LogP contribution in [0, 0.1) is 15.9 Å². The molecule has 0 radical (unpaired) electrons. The number of likely N-dealkylation sites (N-methyl/N-ethyl adjacent to an activating group) is 1. The number of hydrogen-bond acceptors (Lipinski definition) is 8. The number of rotatable bonds is 9. The van der Waals surface area contributed by atoms with E-state index < -0.39 is 52.1 Å². The average molecular weight is 520 g/mol. The van der Waals surface area contributed by atoms with Crippen LogP contribution in [-0.2, 0) is 31.9 Å². The highest BCUT2D eigenvalue weighted by molar-refractivity contribution is 5.90. The van der Waals surface area contributed by atoms with Crippen molar-refractivity contribution < 1.29 is 38.3 Å². The molecule has 0 fully saturated rings. The van der Waals surface area contributed by atoms with Crippen LogP contribution in [0.1, 0.15) is 31.9 Å². The second-order valence-corrected chi connectivity index (χ2v) is 9.31. The standard InChI is InChI=1S/C25H30FN3O8/c1-25(2,3)37-24(33)28(4)21(14-15-6-9-17(30)10-7-15)22(31)27-19(23(32)36-5)13-16-8-11-20(29(34)35)18(26)12-16/h6-12,19,21,30H,13-14H2,1-5H3,(H,27,31)/t19-,21+/m0/s1. The number of ether oxygens (including phenoxy) is 2. The third-order valence-corrected chi connectivity index (χ3v) is 5.27. The molecule has 0 saturated carbocycles. The number of aromatic hydroxyl groups is 1. The number of esters is 1. The molecule has 0 aliphatic heterocycles. The normalized spacial score (nSPS) is 12.7. The molecule has 2 aromatic carbocycles. The quantitative estimate of drug-likeness (QED) is 0.292. The van der Waals surface area contributed by atoms with Gasteiger partial charge in [0.25, 0.3) is 0 Å². The molecule has 0 spiro atoms. The van der Waals surface area contributed by atoms with Gasteiger partial charge in [-0.1, -0.05) is 18.2 Å². The van der Waals surface area contributed by atoms with Gasteiger partial charge in [0.2, 0.25) is 11.7 Å². The number of carbonyl (C=O) groups excluding carboxylic acids is 3. The van der Waals surface area contributed by atoms with Gasteiger partial charge < -0.3 is 19.9 Å². The Morgan fingerprint density at radius 1 is 1.11 bits per heavy atom. The number of nitro groups is 1. The minimum atomic E-state index is -1.28. The largest absolute Gasteiger partial charge is 0.508 e. The summed E-state index contributed by atoms with van der Waals surface area (Å²) in [6.07, 6.45) is -0.990. The van der Waals surface area contributed by atoms with Gasteiger partial charge in [-0.05, 0) is 50.1 Å². The van der Waals surface area contributed by atoms with Crippen LogP contribution in [0.5, 0.6) is 5.75 Å². The second kappa shape index (κ2) is 12.2. The molecule has 0 aliphatic rings. The molecular formula is C25H30FN3O8. The van der Waals surface area contributed by atoms with Crippen LogP contribution in [0.2, 0.25) is 0 Å². The fourth-order valence-corrected chi connectivity index (χ4v) is 3.39. The molecule has 0 unspecified atom stereocenters. The van der Waals surface area contributed by atoms with E-state index in [2.05, 4.69) is 5.32 Å². The summed E-state index contributed by atoms with van der Waals surface area (Å²) in [5, 5.41) is 23.0. The zero-order valence-corrected chi connectivity index (χ0v) is 21.2. The number of hydrogen-bond donors (Lipinski definition) is 2. The smallest absolute Gasteiger partial charge is 0.410 e. The van der Waals surface area contributed by atoms with Crippen LogP contribution in [0.4, 0.5) is 14.9 Å². The lowest BCUT2D eigenvalue weighted by atomic mass is 10.0. The van der Waals surface area contributed by atoms with E-state index >= 15 is 0 Å².